The first kappa shape index (κ1) is 39.6. The second-order valence-corrected chi connectivity index (χ2v) is 10.3. The number of hydrogen-bond donors (Lipinski definition) is 0. The van der Waals surface area contributed by atoms with Gasteiger partial charge in [0.2, 0.25) is 0 Å². The van der Waals surface area contributed by atoms with E-state index in [9.17, 15) is 0 Å². The number of rotatable bonds is 4. The number of benzene rings is 6. The van der Waals surface area contributed by atoms with Gasteiger partial charge in [-0.3, -0.25) is 0 Å². The zero-order valence-corrected chi connectivity index (χ0v) is 32.1. The van der Waals surface area contributed by atoms with E-state index in [0.29, 0.717) is 0 Å². The molecule has 0 aliphatic carbocycles. The van der Waals surface area contributed by atoms with Crippen molar-refractivity contribution in [3.05, 3.63) is 214 Å². The van der Waals surface area contributed by atoms with Crippen LogP contribution in [0, 0.1) is 52.0 Å². The van der Waals surface area contributed by atoms with Crippen molar-refractivity contribution in [2.24, 2.45) is 0 Å². The molecule has 0 saturated heterocycles. The fourth-order valence-electron chi connectivity index (χ4n) is 4.16. The van der Waals surface area contributed by atoms with Crippen molar-refractivity contribution in [2.75, 3.05) is 0 Å². The van der Waals surface area contributed by atoms with Crippen LogP contribution in [0.4, 0.5) is 0 Å². The quantitative estimate of drug-likeness (QED) is 0.159. The molecule has 0 heterocycles. The van der Waals surface area contributed by atoms with Crippen molar-refractivity contribution in [2.45, 2.75) is 40.5 Å². The van der Waals surface area contributed by atoms with Crippen molar-refractivity contribution in [3.63, 3.8) is 0 Å². The summed E-state index contributed by atoms with van der Waals surface area (Å²) in [5.74, 6) is 0. The van der Waals surface area contributed by atoms with Gasteiger partial charge in [-0.15, -0.1) is 0 Å². The molecule has 2 radical (unpaired) electrons. The van der Waals surface area contributed by atoms with Gasteiger partial charge in [-0.25, -0.2) is 0 Å². The van der Waals surface area contributed by atoms with E-state index < -0.39 is 0 Å². The normalized spacial score (nSPS) is 9.18. The molecule has 0 bridgehead atoms. The molecular formula is C42H40Y2-4. The van der Waals surface area contributed by atoms with Crippen molar-refractivity contribution < 1.29 is 65.4 Å². The average molecular weight is 723 g/mol. The Balaban J connectivity index is 0.000000303. The molecule has 0 unspecified atom stereocenters. The molecule has 6 rings (SSSR count). The molecule has 0 spiro atoms. The maximum atomic E-state index is 3.03. The van der Waals surface area contributed by atoms with Crippen LogP contribution in [-0.4, -0.2) is 0 Å². The number of aryl methyl sites for hydroxylation is 4. The summed E-state index contributed by atoms with van der Waals surface area (Å²) in [6.07, 6.45) is 2.02. The zero-order chi connectivity index (χ0) is 29.8. The molecule has 0 fully saturated rings. The fourth-order valence-corrected chi connectivity index (χ4v) is 4.16. The summed E-state index contributed by atoms with van der Waals surface area (Å²) in [5.41, 5.74) is 10.6. The summed E-state index contributed by atoms with van der Waals surface area (Å²) in [5, 5.41) is 0. The van der Waals surface area contributed by atoms with Crippen LogP contribution >= 0.6 is 0 Å². The van der Waals surface area contributed by atoms with Crippen LogP contribution in [0.5, 0.6) is 0 Å². The smallest absolute Gasteiger partial charge is 0 e. The Bertz CT molecular complexity index is 1410. The standard InChI is InChI=1S/2C14H13.2C7H7.2Y/c2*1-12-6-5-9-14(10-12)11-13-7-3-2-4-8-13;2*1-7-5-3-2-4-6-7;;/h2*3-10H,11H2,1H3;2*2-3,5-6H,1H3;;/q4*-1;;. The van der Waals surface area contributed by atoms with Crippen LogP contribution in [0.2, 0.25) is 0 Å². The Morgan fingerprint density at radius 1 is 0.364 bits per heavy atom. The Morgan fingerprint density at radius 3 is 1.00 bits per heavy atom. The Labute approximate surface area is 317 Å². The third-order valence-electron chi connectivity index (χ3n) is 6.28. The van der Waals surface area contributed by atoms with Crippen LogP contribution < -0.4 is 0 Å². The van der Waals surface area contributed by atoms with Gasteiger partial charge in [0.05, 0.1) is 0 Å². The van der Waals surface area contributed by atoms with E-state index >= 15 is 0 Å². The second kappa shape index (κ2) is 23.8. The van der Waals surface area contributed by atoms with Crippen LogP contribution in [0.1, 0.15) is 44.5 Å². The van der Waals surface area contributed by atoms with Gasteiger partial charge in [-0.05, 0) is 37.8 Å². The van der Waals surface area contributed by atoms with Crippen molar-refractivity contribution in [1.82, 2.24) is 0 Å². The molecule has 0 atom stereocenters. The summed E-state index contributed by atoms with van der Waals surface area (Å²) < 4.78 is 0. The molecule has 6 aromatic carbocycles. The molecule has 6 aromatic rings. The minimum absolute atomic E-state index is 0. The minimum Gasteiger partial charge on any atom is -0.184 e. The summed E-state index contributed by atoms with van der Waals surface area (Å²) in [6, 6.07) is 61.3. The predicted octanol–water partition coefficient (Wildman–Crippen LogP) is 10.4. The van der Waals surface area contributed by atoms with Gasteiger partial charge in [0.15, 0.2) is 0 Å². The summed E-state index contributed by atoms with van der Waals surface area (Å²) in [4.78, 5) is 0. The second-order valence-electron chi connectivity index (χ2n) is 10.3. The van der Waals surface area contributed by atoms with Gasteiger partial charge < -0.3 is 0 Å². The molecule has 0 saturated carbocycles. The monoisotopic (exact) mass is 722 g/mol. The maximum Gasteiger partial charge on any atom is 0 e. The van der Waals surface area contributed by atoms with Crippen molar-refractivity contribution >= 4 is 0 Å². The summed E-state index contributed by atoms with van der Waals surface area (Å²) in [7, 11) is 0. The molecule has 0 nitrogen and oxygen atoms in total. The Hall–Kier alpha value is -2.47. The van der Waals surface area contributed by atoms with Crippen molar-refractivity contribution in [1.29, 1.82) is 0 Å². The maximum absolute atomic E-state index is 3.03. The predicted molar refractivity (Wildman–Crippen MR) is 179 cm³/mol. The van der Waals surface area contributed by atoms with Crippen LogP contribution in [0.15, 0.2) is 146 Å². The molecular weight excluding hydrogens is 682 g/mol. The first-order valence-electron chi connectivity index (χ1n) is 14.3. The van der Waals surface area contributed by atoms with Crippen LogP contribution in [0.25, 0.3) is 0 Å². The average Bonchev–Trinajstić information content (AvgIpc) is 3.00. The van der Waals surface area contributed by atoms with Gasteiger partial charge in [0.1, 0.15) is 0 Å². The summed E-state index contributed by atoms with van der Waals surface area (Å²) >= 11 is 0. The molecule has 0 aliphatic heterocycles. The zero-order valence-electron chi connectivity index (χ0n) is 26.4. The van der Waals surface area contributed by atoms with Gasteiger partial charge in [0.25, 0.3) is 0 Å². The van der Waals surface area contributed by atoms with Gasteiger partial charge >= 0.3 is 0 Å². The molecule has 2 heteroatoms. The summed E-state index contributed by atoms with van der Waals surface area (Å²) in [6.45, 7) is 8.36. The van der Waals surface area contributed by atoms with E-state index in [2.05, 4.69) is 137 Å². The molecule has 0 N–H and O–H groups in total. The van der Waals surface area contributed by atoms with Gasteiger partial charge in [-0.2, -0.15) is 144 Å². The topological polar surface area (TPSA) is 0 Å². The van der Waals surface area contributed by atoms with E-state index in [1.807, 2.05) is 60.7 Å². The van der Waals surface area contributed by atoms with E-state index in [-0.39, 0.29) is 65.4 Å². The van der Waals surface area contributed by atoms with Crippen LogP contribution in [-0.2, 0) is 78.3 Å². The Morgan fingerprint density at radius 2 is 0.727 bits per heavy atom. The minimum atomic E-state index is 0. The molecule has 0 amide bonds. The molecule has 44 heavy (non-hydrogen) atoms. The molecule has 0 aromatic heterocycles. The van der Waals surface area contributed by atoms with Crippen molar-refractivity contribution in [3.8, 4) is 0 Å². The number of hydrogen-bond acceptors (Lipinski definition) is 0. The third kappa shape index (κ3) is 17.7. The fraction of sp³-hybridized carbons (Fsp3) is 0.143. The van der Waals surface area contributed by atoms with E-state index in [1.54, 1.807) is 0 Å². The Kier molecular flexibility index (Phi) is 21.4. The SMILES string of the molecule is Cc1c[c-]ccc1.Cc1c[c-]ccc1.Cc1cccc(Cc2cc[c-]cc2)c1.Cc1cccc(Cc2cc[c-]cc2)c1.[Y].[Y]. The first-order valence-corrected chi connectivity index (χ1v) is 14.3. The van der Waals surface area contributed by atoms with Gasteiger partial charge in [-0.1, -0.05) is 73.5 Å². The largest absolute Gasteiger partial charge is 0.184 e. The molecule has 0 aliphatic rings. The van der Waals surface area contributed by atoms with E-state index in [0.717, 1.165) is 12.8 Å². The van der Waals surface area contributed by atoms with Crippen LogP contribution in [0.3, 0.4) is 0 Å². The third-order valence-corrected chi connectivity index (χ3v) is 6.28. The van der Waals surface area contributed by atoms with E-state index in [1.165, 1.54) is 44.5 Å². The van der Waals surface area contributed by atoms with Gasteiger partial charge in [0, 0.05) is 65.4 Å². The van der Waals surface area contributed by atoms with E-state index in [4.69, 9.17) is 0 Å². The molecule has 218 valence electrons. The first-order chi connectivity index (χ1) is 20.5.